The van der Waals surface area contributed by atoms with Crippen LogP contribution < -0.4 is 15.1 Å². The van der Waals surface area contributed by atoms with Crippen LogP contribution in [0.2, 0.25) is 5.82 Å². The highest BCUT2D eigenvalue weighted by Gasteiger charge is 2.41. The maximum absolute atomic E-state index is 11.8. The number of carboxylic acid groups (broad SMARTS) is 2. The van der Waals surface area contributed by atoms with Gasteiger partial charge in [0, 0.05) is 25.5 Å². The third-order valence-corrected chi connectivity index (χ3v) is 4.95. The van der Waals surface area contributed by atoms with Crippen molar-refractivity contribution >= 4 is 19.1 Å². The van der Waals surface area contributed by atoms with Crippen LogP contribution in [0.4, 0.5) is 0 Å². The van der Waals surface area contributed by atoms with Gasteiger partial charge in [-0.1, -0.05) is 13.0 Å². The highest BCUT2D eigenvalue weighted by atomic mass is 16.5. The molecule has 0 amide bonds. The molecule has 0 aromatic heterocycles. The topological polar surface area (TPSA) is 166 Å². The van der Waals surface area contributed by atoms with Gasteiger partial charge in [0.15, 0.2) is 0 Å². The zero-order valence-corrected chi connectivity index (χ0v) is 15.2. The van der Waals surface area contributed by atoms with Crippen molar-refractivity contribution in [1.29, 1.82) is 5.26 Å². The van der Waals surface area contributed by atoms with Crippen LogP contribution in [-0.2, 0) is 11.2 Å². The molecule has 10 nitrogen and oxygen atoms in total. The van der Waals surface area contributed by atoms with E-state index in [1.54, 1.807) is 30.0 Å². The van der Waals surface area contributed by atoms with Gasteiger partial charge in [-0.2, -0.15) is 5.26 Å². The molecule has 5 N–H and O–H groups in total. The molecule has 0 saturated carbocycles. The lowest BCUT2D eigenvalue weighted by Gasteiger charge is -2.41. The summed E-state index contributed by atoms with van der Waals surface area (Å²) in [6, 6.07) is 4.85. The molecule has 11 heteroatoms. The zero-order valence-electron chi connectivity index (χ0n) is 15.2. The average molecular weight is 389 g/mol. The fourth-order valence-electron chi connectivity index (χ4n) is 3.30. The summed E-state index contributed by atoms with van der Waals surface area (Å²) in [5, 5.41) is 37.5. The van der Waals surface area contributed by atoms with Gasteiger partial charge in [-0.05, 0) is 18.1 Å². The third-order valence-electron chi connectivity index (χ3n) is 4.95. The number of aliphatic carboxylic acids is 1. The number of aromatic carboxylic acids is 1. The van der Waals surface area contributed by atoms with Gasteiger partial charge >= 0.3 is 19.1 Å². The van der Waals surface area contributed by atoms with Crippen LogP contribution >= 0.6 is 0 Å². The Morgan fingerprint density at radius 3 is 2.71 bits per heavy atom. The molecule has 1 fully saturated rings. The Morgan fingerprint density at radius 2 is 2.14 bits per heavy atom. The molecule has 2 heterocycles. The lowest BCUT2D eigenvalue weighted by atomic mass is 9.68. The Labute approximate surface area is 161 Å². The number of ether oxygens (including phenoxy) is 1. The largest absolute Gasteiger partial charge is 0.535 e. The van der Waals surface area contributed by atoms with Crippen molar-refractivity contribution in [3.8, 4) is 17.6 Å². The highest BCUT2D eigenvalue weighted by Crippen LogP contribution is 2.39. The normalized spacial score (nSPS) is 21.5. The predicted octanol–water partition coefficient (Wildman–Crippen LogP) is -0.441. The molecule has 1 aromatic carbocycles. The number of rotatable bonds is 6. The molecule has 0 radical (unpaired) electrons. The first-order valence-corrected chi connectivity index (χ1v) is 8.71. The van der Waals surface area contributed by atoms with Crippen molar-refractivity contribution in [1.82, 2.24) is 4.90 Å². The second kappa shape index (κ2) is 7.31. The van der Waals surface area contributed by atoms with E-state index in [2.05, 4.69) is 0 Å². The highest BCUT2D eigenvalue weighted by molar-refractivity contribution is 6.46. The van der Waals surface area contributed by atoms with Crippen LogP contribution in [0.3, 0.4) is 0 Å². The standard InChI is InChI=1S/C17H20BN3O7/c1-9-4-10-2-3-12(13(15(22)23)14(10)28-18(9)26)27-11-5-21(6-11)8-17(20,7-19)16(24)25/h2-3,9,11,26H,4-6,8,20H2,1H3,(H,22,23)(H,24,25)/t9-,17+/m1/s1. The Balaban J connectivity index is 1.71. The van der Waals surface area contributed by atoms with E-state index in [4.69, 9.17) is 25.5 Å². The molecule has 148 valence electrons. The predicted molar refractivity (Wildman–Crippen MR) is 96.2 cm³/mol. The van der Waals surface area contributed by atoms with Crippen LogP contribution in [0, 0.1) is 11.3 Å². The van der Waals surface area contributed by atoms with E-state index >= 15 is 0 Å². The van der Waals surface area contributed by atoms with E-state index in [9.17, 15) is 19.7 Å². The summed E-state index contributed by atoms with van der Waals surface area (Å²) in [6.07, 6.45) is 0.0938. The third kappa shape index (κ3) is 3.62. The second-order valence-electron chi connectivity index (χ2n) is 7.24. The Bertz CT molecular complexity index is 852. The molecule has 3 rings (SSSR count). The summed E-state index contributed by atoms with van der Waals surface area (Å²) in [4.78, 5) is 24.5. The minimum atomic E-state index is -2.01. The number of carbonyl (C=O) groups is 2. The van der Waals surface area contributed by atoms with Gasteiger partial charge in [-0.25, -0.2) is 9.59 Å². The van der Waals surface area contributed by atoms with Crippen molar-refractivity contribution in [2.45, 2.75) is 30.8 Å². The summed E-state index contributed by atoms with van der Waals surface area (Å²) in [7, 11) is -1.10. The Hall–Kier alpha value is -2.81. The lowest BCUT2D eigenvalue weighted by molar-refractivity contribution is -0.142. The number of likely N-dealkylation sites (tertiary alicyclic amines) is 1. The average Bonchev–Trinajstić information content (AvgIpc) is 2.60. The number of nitrogens with two attached hydrogens (primary N) is 1. The van der Waals surface area contributed by atoms with Crippen LogP contribution in [0.5, 0.6) is 11.5 Å². The molecule has 0 bridgehead atoms. The van der Waals surface area contributed by atoms with E-state index in [-0.39, 0.29) is 35.5 Å². The van der Waals surface area contributed by atoms with Crippen molar-refractivity contribution in [3.05, 3.63) is 23.3 Å². The van der Waals surface area contributed by atoms with Crippen LogP contribution in [-0.4, -0.2) is 70.5 Å². The van der Waals surface area contributed by atoms with Gasteiger partial charge in [0.2, 0.25) is 5.54 Å². The van der Waals surface area contributed by atoms with Gasteiger partial charge in [0.05, 0.1) is 6.07 Å². The number of benzene rings is 1. The van der Waals surface area contributed by atoms with Crippen molar-refractivity contribution in [3.63, 3.8) is 0 Å². The number of nitriles is 1. The minimum Gasteiger partial charge on any atom is -0.535 e. The molecular weight excluding hydrogens is 369 g/mol. The van der Waals surface area contributed by atoms with Crippen molar-refractivity contribution < 1.29 is 34.2 Å². The summed E-state index contributed by atoms with van der Waals surface area (Å²) < 4.78 is 11.2. The SMILES string of the molecule is C[C@@H]1Cc2ccc(OC3CN(C[C@@](N)(C#N)C(=O)O)C3)c(C(=O)O)c2OB1O. The van der Waals surface area contributed by atoms with E-state index < -0.39 is 24.6 Å². The number of nitrogens with zero attached hydrogens (tertiary/aromatic N) is 2. The number of hydrogen-bond donors (Lipinski definition) is 4. The van der Waals surface area contributed by atoms with E-state index in [0.717, 1.165) is 0 Å². The fraction of sp³-hybridized carbons (Fsp3) is 0.471. The van der Waals surface area contributed by atoms with Gasteiger partial charge < -0.3 is 30.4 Å². The van der Waals surface area contributed by atoms with Gasteiger partial charge in [0.1, 0.15) is 23.2 Å². The molecule has 1 saturated heterocycles. The van der Waals surface area contributed by atoms with Crippen LogP contribution in [0.25, 0.3) is 0 Å². The van der Waals surface area contributed by atoms with Gasteiger partial charge in [-0.15, -0.1) is 0 Å². The molecule has 2 atom stereocenters. The summed E-state index contributed by atoms with van der Waals surface area (Å²) in [6.45, 7) is 2.23. The maximum Gasteiger partial charge on any atom is 0.525 e. The van der Waals surface area contributed by atoms with E-state index in [1.807, 2.05) is 0 Å². The number of carboxylic acids is 2. The van der Waals surface area contributed by atoms with Crippen LogP contribution in [0.1, 0.15) is 22.8 Å². The molecule has 28 heavy (non-hydrogen) atoms. The maximum atomic E-state index is 11.8. The molecule has 0 unspecified atom stereocenters. The first-order valence-electron chi connectivity index (χ1n) is 8.71. The lowest BCUT2D eigenvalue weighted by Crippen LogP contribution is -2.63. The smallest absolute Gasteiger partial charge is 0.525 e. The fourth-order valence-corrected chi connectivity index (χ4v) is 3.30. The van der Waals surface area contributed by atoms with Crippen molar-refractivity contribution in [2.24, 2.45) is 5.73 Å². The molecule has 0 spiro atoms. The van der Waals surface area contributed by atoms with E-state index in [0.29, 0.717) is 25.1 Å². The van der Waals surface area contributed by atoms with Gasteiger partial charge in [-0.3, -0.25) is 4.90 Å². The first-order chi connectivity index (χ1) is 13.1. The van der Waals surface area contributed by atoms with Gasteiger partial charge in [0.25, 0.3) is 0 Å². The molecule has 1 aromatic rings. The molecule has 0 aliphatic carbocycles. The first kappa shape index (κ1) is 19.9. The summed E-state index contributed by atoms with van der Waals surface area (Å²) >= 11 is 0. The quantitative estimate of drug-likeness (QED) is 0.468. The Morgan fingerprint density at radius 1 is 1.46 bits per heavy atom. The summed E-state index contributed by atoms with van der Waals surface area (Å²) in [5.41, 5.74) is 4.07. The zero-order chi connectivity index (χ0) is 20.6. The van der Waals surface area contributed by atoms with Crippen molar-refractivity contribution in [2.75, 3.05) is 19.6 Å². The van der Waals surface area contributed by atoms with E-state index in [1.165, 1.54) is 0 Å². The summed E-state index contributed by atoms with van der Waals surface area (Å²) in [5.74, 6) is -2.60. The second-order valence-corrected chi connectivity index (χ2v) is 7.24. The molecule has 2 aliphatic heterocycles. The Kier molecular flexibility index (Phi) is 5.21. The number of fused-ring (bicyclic) bond motifs is 1. The monoisotopic (exact) mass is 389 g/mol. The number of hydrogen-bond acceptors (Lipinski definition) is 8. The molecule has 2 aliphatic rings. The van der Waals surface area contributed by atoms with Crippen LogP contribution in [0.15, 0.2) is 12.1 Å². The molecular formula is C17H20BN3O7. The minimum absolute atomic E-state index is 0.100.